The van der Waals surface area contributed by atoms with Gasteiger partial charge in [0.25, 0.3) is 0 Å². The lowest BCUT2D eigenvalue weighted by atomic mass is 10.2. The Morgan fingerprint density at radius 1 is 1.63 bits per heavy atom. The fourth-order valence-electron chi connectivity index (χ4n) is 1.54. The monoisotopic (exact) mass is 315 g/mol. The third kappa shape index (κ3) is 4.56. The van der Waals surface area contributed by atoms with E-state index in [1.165, 1.54) is 4.88 Å². The summed E-state index contributed by atoms with van der Waals surface area (Å²) < 4.78 is 0.786. The average molecular weight is 316 g/mol. The third-order valence-electron chi connectivity index (χ3n) is 2.50. The van der Waals surface area contributed by atoms with Gasteiger partial charge in [0.2, 0.25) is 5.91 Å². The molecule has 2 heterocycles. The fraction of sp³-hybridized carbons (Fsp3) is 0.333. The third-order valence-corrected chi connectivity index (χ3v) is 4.90. The Labute approximate surface area is 124 Å². The van der Waals surface area contributed by atoms with E-state index in [2.05, 4.69) is 15.5 Å². The Morgan fingerprint density at radius 3 is 3.11 bits per heavy atom. The van der Waals surface area contributed by atoms with Crippen molar-refractivity contribution in [1.82, 2.24) is 15.5 Å². The van der Waals surface area contributed by atoms with Crippen LogP contribution in [-0.4, -0.2) is 21.9 Å². The van der Waals surface area contributed by atoms with Crippen LogP contribution in [0.4, 0.5) is 0 Å². The summed E-state index contributed by atoms with van der Waals surface area (Å²) in [6.45, 7) is 1.94. The van der Waals surface area contributed by atoms with Crippen LogP contribution >= 0.6 is 34.7 Å². The molecule has 0 aliphatic heterocycles. The molecule has 4 nitrogen and oxygen atoms in total. The molecule has 0 aliphatic carbocycles. The van der Waals surface area contributed by atoms with Crippen molar-refractivity contribution in [2.45, 2.75) is 18.7 Å². The number of carbonyl (C=O) groups is 1. The minimum atomic E-state index is -0.0250. The highest BCUT2D eigenvalue weighted by Gasteiger charge is 2.10. The van der Waals surface area contributed by atoms with Gasteiger partial charge < -0.3 is 5.32 Å². The van der Waals surface area contributed by atoms with Crippen molar-refractivity contribution in [3.8, 4) is 0 Å². The van der Waals surface area contributed by atoms with Crippen LogP contribution in [-0.2, 0) is 10.5 Å². The van der Waals surface area contributed by atoms with Crippen molar-refractivity contribution in [1.29, 1.82) is 0 Å². The Bertz CT molecular complexity index is 527. The van der Waals surface area contributed by atoms with Gasteiger partial charge in [0, 0.05) is 22.4 Å². The van der Waals surface area contributed by atoms with Gasteiger partial charge in [-0.15, -0.1) is 23.1 Å². The summed E-state index contributed by atoms with van der Waals surface area (Å²) in [4.78, 5) is 12.9. The molecule has 2 N–H and O–H groups in total. The summed E-state index contributed by atoms with van der Waals surface area (Å²) >= 11 is 8.98. The number of nitrogens with one attached hydrogen (secondary N) is 2. The Kier molecular flexibility index (Phi) is 5.30. The van der Waals surface area contributed by atoms with E-state index < -0.39 is 0 Å². The lowest BCUT2D eigenvalue weighted by Crippen LogP contribution is -2.28. The van der Waals surface area contributed by atoms with Gasteiger partial charge in [-0.25, -0.2) is 0 Å². The van der Waals surface area contributed by atoms with Crippen molar-refractivity contribution >= 4 is 40.6 Å². The number of rotatable bonds is 6. The first kappa shape index (κ1) is 14.4. The molecule has 2 rings (SSSR count). The van der Waals surface area contributed by atoms with E-state index in [1.54, 1.807) is 35.5 Å². The van der Waals surface area contributed by atoms with Gasteiger partial charge in [0.1, 0.15) is 0 Å². The minimum absolute atomic E-state index is 0.0250. The molecule has 2 aromatic heterocycles. The average Bonchev–Trinajstić information content (AvgIpc) is 3.00. The number of hydrogen-bond donors (Lipinski definition) is 2. The number of nitrogens with zero attached hydrogens (tertiary/aromatic N) is 1. The van der Waals surface area contributed by atoms with E-state index in [-0.39, 0.29) is 11.9 Å². The molecule has 1 unspecified atom stereocenters. The van der Waals surface area contributed by atoms with E-state index in [0.29, 0.717) is 5.75 Å². The zero-order chi connectivity index (χ0) is 13.7. The van der Waals surface area contributed by atoms with Crippen LogP contribution in [0.25, 0.3) is 0 Å². The predicted octanol–water partition coefficient (Wildman–Crippen LogP) is 3.24. The molecule has 0 aliphatic rings. The van der Waals surface area contributed by atoms with E-state index in [1.807, 2.05) is 19.1 Å². The van der Waals surface area contributed by atoms with Crippen LogP contribution in [0, 0.1) is 0 Å². The first-order valence-electron chi connectivity index (χ1n) is 5.75. The summed E-state index contributed by atoms with van der Waals surface area (Å²) in [7, 11) is 0. The molecule has 1 atom stereocenters. The number of hydrogen-bond acceptors (Lipinski definition) is 4. The largest absolute Gasteiger partial charge is 0.349 e. The second-order valence-electron chi connectivity index (χ2n) is 4.02. The zero-order valence-corrected chi connectivity index (χ0v) is 12.7. The first-order valence-corrected chi connectivity index (χ1v) is 8.10. The molecular formula is C12H14ClN3OS2. The normalized spacial score (nSPS) is 12.3. The highest BCUT2D eigenvalue weighted by molar-refractivity contribution is 7.99. The molecule has 0 spiro atoms. The van der Waals surface area contributed by atoms with E-state index in [9.17, 15) is 4.79 Å². The number of H-pyrrole nitrogens is 1. The van der Waals surface area contributed by atoms with Crippen molar-refractivity contribution in [3.05, 3.63) is 39.3 Å². The van der Waals surface area contributed by atoms with Gasteiger partial charge in [-0.2, -0.15) is 5.10 Å². The number of halogens is 1. The molecule has 0 aromatic carbocycles. The predicted molar refractivity (Wildman–Crippen MR) is 80.6 cm³/mol. The minimum Gasteiger partial charge on any atom is -0.349 e. The van der Waals surface area contributed by atoms with E-state index in [4.69, 9.17) is 11.6 Å². The molecule has 19 heavy (non-hydrogen) atoms. The second-order valence-corrected chi connectivity index (χ2v) is 6.80. The van der Waals surface area contributed by atoms with Gasteiger partial charge in [-0.05, 0) is 19.1 Å². The van der Waals surface area contributed by atoms with Crippen LogP contribution in [0.5, 0.6) is 0 Å². The van der Waals surface area contributed by atoms with E-state index >= 15 is 0 Å². The second kappa shape index (κ2) is 6.98. The molecule has 0 saturated carbocycles. The molecule has 2 aromatic rings. The zero-order valence-electron chi connectivity index (χ0n) is 10.4. The number of amides is 1. The van der Waals surface area contributed by atoms with Crippen LogP contribution in [0.15, 0.2) is 24.5 Å². The molecule has 0 fully saturated rings. The number of carbonyl (C=O) groups excluding carboxylic acids is 1. The van der Waals surface area contributed by atoms with Gasteiger partial charge in [0.05, 0.1) is 22.3 Å². The van der Waals surface area contributed by atoms with Gasteiger partial charge in [0.15, 0.2) is 0 Å². The molecule has 1 amide bonds. The summed E-state index contributed by atoms with van der Waals surface area (Å²) in [6, 6.07) is 3.85. The van der Waals surface area contributed by atoms with Gasteiger partial charge in [-0.1, -0.05) is 11.6 Å². The van der Waals surface area contributed by atoms with Crippen LogP contribution in [0.3, 0.4) is 0 Å². The lowest BCUT2D eigenvalue weighted by Gasteiger charge is -2.11. The van der Waals surface area contributed by atoms with E-state index in [0.717, 1.165) is 15.7 Å². The number of thiophene rings is 1. The first-order chi connectivity index (χ1) is 9.15. The van der Waals surface area contributed by atoms with Crippen molar-refractivity contribution < 1.29 is 4.79 Å². The van der Waals surface area contributed by atoms with Crippen LogP contribution in [0.2, 0.25) is 4.34 Å². The van der Waals surface area contributed by atoms with Gasteiger partial charge >= 0.3 is 0 Å². The smallest absolute Gasteiger partial charge is 0.230 e. The van der Waals surface area contributed by atoms with Crippen molar-refractivity contribution in [3.63, 3.8) is 0 Å². The molecule has 0 saturated heterocycles. The molecule has 0 radical (unpaired) electrons. The van der Waals surface area contributed by atoms with Gasteiger partial charge in [-0.3, -0.25) is 9.89 Å². The Balaban J connectivity index is 1.70. The maximum absolute atomic E-state index is 11.8. The standard InChI is InChI=1S/C12H14ClN3OS2/c1-8(9-4-14-15-5-9)16-12(17)7-18-6-10-2-3-11(13)19-10/h2-5,8H,6-7H2,1H3,(H,14,15)(H,16,17). The Morgan fingerprint density at radius 2 is 2.47 bits per heavy atom. The molecular weight excluding hydrogens is 302 g/mol. The quantitative estimate of drug-likeness (QED) is 0.860. The van der Waals surface area contributed by atoms with Crippen molar-refractivity contribution in [2.24, 2.45) is 0 Å². The summed E-state index contributed by atoms with van der Waals surface area (Å²) in [5.74, 6) is 1.28. The highest BCUT2D eigenvalue weighted by Crippen LogP contribution is 2.25. The fourth-order valence-corrected chi connectivity index (χ4v) is 3.57. The maximum Gasteiger partial charge on any atom is 0.230 e. The topological polar surface area (TPSA) is 57.8 Å². The lowest BCUT2D eigenvalue weighted by molar-refractivity contribution is -0.119. The molecule has 102 valence electrons. The highest BCUT2D eigenvalue weighted by atomic mass is 35.5. The number of thioether (sulfide) groups is 1. The summed E-state index contributed by atoms with van der Waals surface area (Å²) in [5, 5.41) is 9.53. The number of aromatic amines is 1. The van der Waals surface area contributed by atoms with Crippen LogP contribution < -0.4 is 5.32 Å². The summed E-state index contributed by atoms with van der Waals surface area (Å²) in [5.41, 5.74) is 0.975. The van der Waals surface area contributed by atoms with Crippen LogP contribution in [0.1, 0.15) is 23.4 Å². The molecule has 7 heteroatoms. The Hall–Kier alpha value is -0.980. The maximum atomic E-state index is 11.8. The summed E-state index contributed by atoms with van der Waals surface area (Å²) in [6.07, 6.45) is 3.50. The molecule has 0 bridgehead atoms. The SMILES string of the molecule is CC(NC(=O)CSCc1ccc(Cl)s1)c1cn[nH]c1. The van der Waals surface area contributed by atoms with Crippen molar-refractivity contribution in [2.75, 3.05) is 5.75 Å². The number of aromatic nitrogens is 2.